The molecule has 1 fully saturated rings. The van der Waals surface area contributed by atoms with Gasteiger partial charge in [0.05, 0.1) is 6.07 Å². The smallest absolute Gasteiger partial charge is 0.218 e. The minimum Gasteiger partial charge on any atom is -0.361 e. The number of nitrogens with zero attached hydrogens (tertiary/aromatic N) is 2. The molecule has 0 bridgehead atoms. The van der Waals surface area contributed by atoms with E-state index in [0.29, 0.717) is 11.5 Å². The van der Waals surface area contributed by atoms with Crippen molar-refractivity contribution >= 4 is 10.0 Å². The summed E-state index contributed by atoms with van der Waals surface area (Å²) in [5.74, 6) is 0.470. The van der Waals surface area contributed by atoms with E-state index in [1.54, 1.807) is 13.0 Å². The topological polar surface area (TPSA) is 96.0 Å². The van der Waals surface area contributed by atoms with E-state index in [-0.39, 0.29) is 11.7 Å². The van der Waals surface area contributed by atoms with Crippen molar-refractivity contribution in [1.29, 1.82) is 5.26 Å². The largest absolute Gasteiger partial charge is 0.361 e. The van der Waals surface area contributed by atoms with Gasteiger partial charge in [0.15, 0.2) is 0 Å². The van der Waals surface area contributed by atoms with Gasteiger partial charge in [-0.1, -0.05) is 5.16 Å². The quantitative estimate of drug-likeness (QED) is 0.835. The van der Waals surface area contributed by atoms with Gasteiger partial charge in [-0.05, 0) is 25.7 Å². The van der Waals surface area contributed by atoms with Crippen molar-refractivity contribution in [3.8, 4) is 6.07 Å². The minimum atomic E-state index is -3.53. The van der Waals surface area contributed by atoms with E-state index in [4.69, 9.17) is 9.78 Å². The first-order valence-electron chi connectivity index (χ1n) is 5.32. The lowest BCUT2D eigenvalue weighted by Gasteiger charge is -2.09. The number of rotatable bonds is 5. The summed E-state index contributed by atoms with van der Waals surface area (Å²) in [6.45, 7) is 1.69. The number of nitrogens with one attached hydrogen (secondary N) is 1. The summed E-state index contributed by atoms with van der Waals surface area (Å²) in [6, 6.07) is 2.93. The van der Waals surface area contributed by atoms with E-state index in [2.05, 4.69) is 9.88 Å². The zero-order valence-corrected chi connectivity index (χ0v) is 10.2. The summed E-state index contributed by atoms with van der Waals surface area (Å²) >= 11 is 0. The van der Waals surface area contributed by atoms with Crippen LogP contribution in [0.5, 0.6) is 0 Å². The molecule has 1 aliphatic carbocycles. The van der Waals surface area contributed by atoms with Crippen LogP contribution in [-0.4, -0.2) is 19.6 Å². The molecule has 6 nitrogen and oxygen atoms in total. The van der Waals surface area contributed by atoms with Crippen molar-refractivity contribution in [2.24, 2.45) is 5.92 Å². The first-order chi connectivity index (χ1) is 8.00. The van der Waals surface area contributed by atoms with Gasteiger partial charge in [-0.3, -0.25) is 0 Å². The SMILES string of the molecule is Cc1cc(CS(=O)(=O)NC(C#N)C2CC2)no1. The summed E-state index contributed by atoms with van der Waals surface area (Å²) in [5, 5.41) is 12.5. The van der Waals surface area contributed by atoms with Crippen molar-refractivity contribution in [2.75, 3.05) is 0 Å². The van der Waals surface area contributed by atoms with Crippen molar-refractivity contribution in [3.63, 3.8) is 0 Å². The van der Waals surface area contributed by atoms with Crippen LogP contribution in [0.15, 0.2) is 10.6 Å². The molecule has 1 heterocycles. The zero-order valence-electron chi connectivity index (χ0n) is 9.38. The van der Waals surface area contributed by atoms with Gasteiger partial charge in [-0.2, -0.15) is 9.98 Å². The van der Waals surface area contributed by atoms with E-state index in [1.165, 1.54) is 0 Å². The number of sulfonamides is 1. The fraction of sp³-hybridized carbons (Fsp3) is 0.600. The van der Waals surface area contributed by atoms with Crippen LogP contribution >= 0.6 is 0 Å². The van der Waals surface area contributed by atoms with E-state index in [0.717, 1.165) is 12.8 Å². The van der Waals surface area contributed by atoms with Crippen molar-refractivity contribution in [1.82, 2.24) is 9.88 Å². The first-order valence-corrected chi connectivity index (χ1v) is 6.97. The molecule has 0 spiro atoms. The molecule has 2 rings (SSSR count). The second-order valence-corrected chi connectivity index (χ2v) is 6.00. The molecule has 1 aromatic heterocycles. The molecule has 0 saturated heterocycles. The second kappa shape index (κ2) is 4.47. The van der Waals surface area contributed by atoms with Crippen molar-refractivity contribution < 1.29 is 12.9 Å². The van der Waals surface area contributed by atoms with Crippen LogP contribution in [0.2, 0.25) is 0 Å². The molecule has 1 saturated carbocycles. The Labute approximate surface area is 99.6 Å². The van der Waals surface area contributed by atoms with Gasteiger partial charge >= 0.3 is 0 Å². The first kappa shape index (κ1) is 12.1. The van der Waals surface area contributed by atoms with Gasteiger partial charge in [0.2, 0.25) is 10.0 Å². The third kappa shape index (κ3) is 3.28. The Hall–Kier alpha value is -1.39. The Kier molecular flexibility index (Phi) is 3.17. The fourth-order valence-corrected chi connectivity index (χ4v) is 2.81. The lowest BCUT2D eigenvalue weighted by molar-refractivity contribution is 0.392. The standard InChI is InChI=1S/C10H13N3O3S/c1-7-4-9(12-16-7)6-17(14,15)13-10(5-11)8-2-3-8/h4,8,10,13H,2-3,6H2,1H3. The highest BCUT2D eigenvalue weighted by Gasteiger charge is 2.34. The van der Waals surface area contributed by atoms with Gasteiger partial charge in [0.25, 0.3) is 0 Å². The minimum absolute atomic E-state index is 0.161. The molecule has 1 aliphatic rings. The Morgan fingerprint density at radius 1 is 1.71 bits per heavy atom. The number of aromatic nitrogens is 1. The predicted molar refractivity (Wildman–Crippen MR) is 59.1 cm³/mol. The average molecular weight is 255 g/mol. The van der Waals surface area contributed by atoms with Crippen molar-refractivity contribution in [2.45, 2.75) is 31.6 Å². The maximum absolute atomic E-state index is 11.8. The van der Waals surface area contributed by atoms with E-state index >= 15 is 0 Å². The van der Waals surface area contributed by atoms with E-state index < -0.39 is 16.1 Å². The highest BCUT2D eigenvalue weighted by atomic mass is 32.2. The van der Waals surface area contributed by atoms with Gasteiger partial charge in [-0.25, -0.2) is 8.42 Å². The fourth-order valence-electron chi connectivity index (χ4n) is 1.57. The van der Waals surface area contributed by atoms with Crippen LogP contribution in [0.1, 0.15) is 24.3 Å². The molecule has 7 heteroatoms. The summed E-state index contributed by atoms with van der Waals surface area (Å²) in [4.78, 5) is 0. The van der Waals surface area contributed by atoms with Crippen LogP contribution in [-0.2, 0) is 15.8 Å². The summed E-state index contributed by atoms with van der Waals surface area (Å²) in [7, 11) is -3.53. The molecule has 0 aromatic carbocycles. The Balaban J connectivity index is 2.01. The second-order valence-electron chi connectivity index (χ2n) is 4.25. The molecular formula is C10H13N3O3S. The molecule has 1 atom stereocenters. The van der Waals surface area contributed by atoms with Crippen LogP contribution in [0.4, 0.5) is 0 Å². The van der Waals surface area contributed by atoms with Crippen LogP contribution in [0, 0.1) is 24.2 Å². The Morgan fingerprint density at radius 3 is 2.88 bits per heavy atom. The lowest BCUT2D eigenvalue weighted by atomic mass is 10.2. The molecule has 0 amide bonds. The molecule has 92 valence electrons. The van der Waals surface area contributed by atoms with E-state index in [1.807, 2.05) is 6.07 Å². The number of hydrogen-bond donors (Lipinski definition) is 1. The zero-order chi connectivity index (χ0) is 12.5. The number of aryl methyl sites for hydroxylation is 1. The monoisotopic (exact) mass is 255 g/mol. The molecule has 1 aromatic rings. The molecular weight excluding hydrogens is 242 g/mol. The molecule has 0 aliphatic heterocycles. The average Bonchev–Trinajstić information content (AvgIpc) is 3.00. The maximum Gasteiger partial charge on any atom is 0.218 e. The lowest BCUT2D eigenvalue weighted by Crippen LogP contribution is -2.36. The predicted octanol–water partition coefficient (Wildman–Crippen LogP) is 0.705. The van der Waals surface area contributed by atoms with Gasteiger partial charge in [-0.15, -0.1) is 0 Å². The van der Waals surface area contributed by atoms with Crippen LogP contribution in [0.25, 0.3) is 0 Å². The highest BCUT2D eigenvalue weighted by molar-refractivity contribution is 7.88. The molecule has 1 N–H and O–H groups in total. The van der Waals surface area contributed by atoms with Crippen molar-refractivity contribution in [3.05, 3.63) is 17.5 Å². The molecule has 1 unspecified atom stereocenters. The number of nitriles is 1. The van der Waals surface area contributed by atoms with Crippen LogP contribution in [0.3, 0.4) is 0 Å². The summed E-state index contributed by atoms with van der Waals surface area (Å²) in [6.07, 6.45) is 1.81. The normalized spacial score (nSPS) is 17.6. The Morgan fingerprint density at radius 2 is 2.41 bits per heavy atom. The Bertz CT molecular complexity index is 539. The number of hydrogen-bond acceptors (Lipinski definition) is 5. The highest BCUT2D eigenvalue weighted by Crippen LogP contribution is 2.32. The maximum atomic E-state index is 11.8. The summed E-state index contributed by atoms with van der Waals surface area (Å²) in [5.41, 5.74) is 0.350. The molecule has 17 heavy (non-hydrogen) atoms. The van der Waals surface area contributed by atoms with Gasteiger partial charge in [0, 0.05) is 6.07 Å². The summed E-state index contributed by atoms with van der Waals surface area (Å²) < 4.78 is 30.7. The third-order valence-corrected chi connectivity index (χ3v) is 3.84. The van der Waals surface area contributed by atoms with Gasteiger partial charge in [0.1, 0.15) is 23.2 Å². The van der Waals surface area contributed by atoms with Crippen LogP contribution < -0.4 is 4.72 Å². The van der Waals surface area contributed by atoms with E-state index in [9.17, 15) is 8.42 Å². The van der Waals surface area contributed by atoms with Gasteiger partial charge < -0.3 is 4.52 Å². The third-order valence-electron chi connectivity index (χ3n) is 2.55. The molecule has 0 radical (unpaired) electrons.